The number of carbonyl (C=O) groups excluding carboxylic acids is 1. The lowest BCUT2D eigenvalue weighted by atomic mass is 9.90. The molecule has 0 unspecified atom stereocenters. The Morgan fingerprint density at radius 3 is 2.93 bits per heavy atom. The highest BCUT2D eigenvalue weighted by Gasteiger charge is 2.22. The molecule has 0 bridgehead atoms. The zero-order chi connectivity index (χ0) is 10.6. The van der Waals surface area contributed by atoms with Crippen LogP contribution in [0, 0.1) is 11.8 Å². The van der Waals surface area contributed by atoms with Crippen LogP contribution in [-0.2, 0) is 4.79 Å². The van der Waals surface area contributed by atoms with E-state index in [-0.39, 0.29) is 5.91 Å². The van der Waals surface area contributed by atoms with Gasteiger partial charge in [0.15, 0.2) is 0 Å². The van der Waals surface area contributed by atoms with Gasteiger partial charge < -0.3 is 4.90 Å². The highest BCUT2D eigenvalue weighted by atomic mass is 16.2. The Balaban J connectivity index is 2.43. The molecule has 1 heterocycles. The topological polar surface area (TPSA) is 20.3 Å². The number of hydrogen-bond acceptors (Lipinski definition) is 1. The highest BCUT2D eigenvalue weighted by molar-refractivity contribution is 5.87. The first-order chi connectivity index (χ1) is 6.63. The second-order valence-electron chi connectivity index (χ2n) is 4.63. The maximum atomic E-state index is 11.4. The predicted molar refractivity (Wildman–Crippen MR) is 59.0 cm³/mol. The molecule has 2 nitrogen and oxygen atoms in total. The van der Waals surface area contributed by atoms with Crippen molar-refractivity contribution in [3.63, 3.8) is 0 Å². The summed E-state index contributed by atoms with van der Waals surface area (Å²) in [5, 5.41) is 0. The molecule has 1 fully saturated rings. The summed E-state index contributed by atoms with van der Waals surface area (Å²) in [6.07, 6.45) is 5.09. The van der Waals surface area contributed by atoms with Crippen LogP contribution in [0.1, 0.15) is 33.1 Å². The third kappa shape index (κ3) is 3.17. The van der Waals surface area contributed by atoms with E-state index in [0.717, 1.165) is 25.4 Å². The number of rotatable bonds is 3. The standard InChI is InChI=1S/C12H21NO/c1-4-12(14)13-7-5-6-11(9-13)8-10(2)3/h4,10-11H,1,5-9H2,2-3H3/t11-/m0/s1. The van der Waals surface area contributed by atoms with Crippen LogP contribution in [-0.4, -0.2) is 23.9 Å². The smallest absolute Gasteiger partial charge is 0.245 e. The first kappa shape index (κ1) is 11.3. The van der Waals surface area contributed by atoms with Crippen LogP contribution in [0.25, 0.3) is 0 Å². The third-order valence-electron chi connectivity index (χ3n) is 2.81. The third-order valence-corrected chi connectivity index (χ3v) is 2.81. The molecule has 1 saturated heterocycles. The molecule has 0 N–H and O–H groups in total. The fourth-order valence-corrected chi connectivity index (χ4v) is 2.25. The van der Waals surface area contributed by atoms with Crippen LogP contribution < -0.4 is 0 Å². The molecule has 0 saturated carbocycles. The molecular formula is C12H21NO. The van der Waals surface area contributed by atoms with E-state index < -0.39 is 0 Å². The molecule has 1 atom stereocenters. The van der Waals surface area contributed by atoms with Gasteiger partial charge in [0.05, 0.1) is 0 Å². The number of likely N-dealkylation sites (tertiary alicyclic amines) is 1. The van der Waals surface area contributed by atoms with Gasteiger partial charge in [0.25, 0.3) is 0 Å². The van der Waals surface area contributed by atoms with Crippen molar-refractivity contribution < 1.29 is 4.79 Å². The van der Waals surface area contributed by atoms with Crippen molar-refractivity contribution in [3.8, 4) is 0 Å². The molecule has 1 rings (SSSR count). The lowest BCUT2D eigenvalue weighted by Crippen LogP contribution is -2.39. The first-order valence-corrected chi connectivity index (χ1v) is 5.54. The largest absolute Gasteiger partial charge is 0.339 e. The lowest BCUT2D eigenvalue weighted by molar-refractivity contribution is -0.127. The van der Waals surface area contributed by atoms with Crippen molar-refractivity contribution in [2.24, 2.45) is 11.8 Å². The van der Waals surface area contributed by atoms with Crippen LogP contribution in [0.2, 0.25) is 0 Å². The van der Waals surface area contributed by atoms with Crippen molar-refractivity contribution in [1.82, 2.24) is 4.90 Å². The van der Waals surface area contributed by atoms with Gasteiger partial charge in [-0.2, -0.15) is 0 Å². The highest BCUT2D eigenvalue weighted by Crippen LogP contribution is 2.23. The Labute approximate surface area is 87.0 Å². The number of nitrogens with zero attached hydrogens (tertiary/aromatic N) is 1. The van der Waals surface area contributed by atoms with E-state index in [9.17, 15) is 4.79 Å². The van der Waals surface area contributed by atoms with E-state index >= 15 is 0 Å². The molecule has 1 aliphatic heterocycles. The van der Waals surface area contributed by atoms with Gasteiger partial charge in [-0.05, 0) is 37.2 Å². The fourth-order valence-electron chi connectivity index (χ4n) is 2.25. The minimum atomic E-state index is 0.0958. The van der Waals surface area contributed by atoms with E-state index in [1.807, 2.05) is 4.90 Å². The number of hydrogen-bond donors (Lipinski definition) is 0. The fraction of sp³-hybridized carbons (Fsp3) is 0.750. The number of piperidine rings is 1. The predicted octanol–water partition coefficient (Wildman–Crippen LogP) is 2.46. The van der Waals surface area contributed by atoms with Gasteiger partial charge in [-0.3, -0.25) is 4.79 Å². The van der Waals surface area contributed by atoms with Crippen molar-refractivity contribution in [1.29, 1.82) is 0 Å². The van der Waals surface area contributed by atoms with Crippen molar-refractivity contribution in [2.45, 2.75) is 33.1 Å². The molecule has 80 valence electrons. The van der Waals surface area contributed by atoms with E-state index in [0.29, 0.717) is 5.92 Å². The Hall–Kier alpha value is -0.790. The van der Waals surface area contributed by atoms with Crippen LogP contribution in [0.15, 0.2) is 12.7 Å². The normalized spacial score (nSPS) is 22.5. The van der Waals surface area contributed by atoms with E-state index in [4.69, 9.17) is 0 Å². The van der Waals surface area contributed by atoms with E-state index in [1.54, 1.807) is 0 Å². The summed E-state index contributed by atoms with van der Waals surface area (Å²) in [6, 6.07) is 0. The zero-order valence-corrected chi connectivity index (χ0v) is 9.33. The average Bonchev–Trinajstić information content (AvgIpc) is 2.16. The molecule has 0 spiro atoms. The van der Waals surface area contributed by atoms with Gasteiger partial charge in [0.1, 0.15) is 0 Å². The van der Waals surface area contributed by atoms with Crippen LogP contribution >= 0.6 is 0 Å². The van der Waals surface area contributed by atoms with Gasteiger partial charge in [-0.1, -0.05) is 20.4 Å². The van der Waals surface area contributed by atoms with Crippen LogP contribution in [0.4, 0.5) is 0 Å². The summed E-state index contributed by atoms with van der Waals surface area (Å²) in [6.45, 7) is 9.87. The second kappa shape index (κ2) is 5.18. The maximum absolute atomic E-state index is 11.4. The Kier molecular flexibility index (Phi) is 4.18. The zero-order valence-electron chi connectivity index (χ0n) is 9.33. The summed E-state index contributed by atoms with van der Waals surface area (Å²) in [7, 11) is 0. The van der Waals surface area contributed by atoms with Crippen LogP contribution in [0.3, 0.4) is 0 Å². The van der Waals surface area contributed by atoms with Gasteiger partial charge in [-0.25, -0.2) is 0 Å². The van der Waals surface area contributed by atoms with E-state index in [1.165, 1.54) is 18.9 Å². The monoisotopic (exact) mass is 195 g/mol. The summed E-state index contributed by atoms with van der Waals surface area (Å²) in [4.78, 5) is 13.3. The van der Waals surface area contributed by atoms with Gasteiger partial charge >= 0.3 is 0 Å². The van der Waals surface area contributed by atoms with Crippen LogP contribution in [0.5, 0.6) is 0 Å². The molecule has 0 radical (unpaired) electrons. The molecule has 0 aromatic carbocycles. The summed E-state index contributed by atoms with van der Waals surface area (Å²) >= 11 is 0. The number of carbonyl (C=O) groups is 1. The molecule has 2 heteroatoms. The molecule has 14 heavy (non-hydrogen) atoms. The van der Waals surface area contributed by atoms with Crippen molar-refractivity contribution in [2.75, 3.05) is 13.1 Å². The summed E-state index contributed by atoms with van der Waals surface area (Å²) in [5.41, 5.74) is 0. The first-order valence-electron chi connectivity index (χ1n) is 5.54. The average molecular weight is 195 g/mol. The lowest BCUT2D eigenvalue weighted by Gasteiger charge is -2.32. The summed E-state index contributed by atoms with van der Waals surface area (Å²) < 4.78 is 0. The minimum absolute atomic E-state index is 0.0958. The molecule has 0 aliphatic carbocycles. The van der Waals surface area contributed by atoms with Gasteiger partial charge in [-0.15, -0.1) is 0 Å². The molecule has 1 amide bonds. The molecule has 0 aromatic heterocycles. The summed E-state index contributed by atoms with van der Waals surface area (Å²) in [5.74, 6) is 1.53. The minimum Gasteiger partial charge on any atom is -0.339 e. The quantitative estimate of drug-likeness (QED) is 0.633. The van der Waals surface area contributed by atoms with Gasteiger partial charge in [0, 0.05) is 13.1 Å². The van der Waals surface area contributed by atoms with Crippen molar-refractivity contribution in [3.05, 3.63) is 12.7 Å². The SMILES string of the molecule is C=CC(=O)N1CCC[C@@H](CC(C)C)C1. The molecular weight excluding hydrogens is 174 g/mol. The Morgan fingerprint density at radius 1 is 1.64 bits per heavy atom. The molecule has 0 aromatic rings. The number of amides is 1. The maximum Gasteiger partial charge on any atom is 0.245 e. The Bertz CT molecular complexity index is 210. The molecule has 1 aliphatic rings. The Morgan fingerprint density at radius 2 is 2.36 bits per heavy atom. The van der Waals surface area contributed by atoms with E-state index in [2.05, 4.69) is 20.4 Å². The second-order valence-corrected chi connectivity index (χ2v) is 4.63. The van der Waals surface area contributed by atoms with Gasteiger partial charge in [0.2, 0.25) is 5.91 Å². The van der Waals surface area contributed by atoms with Crippen molar-refractivity contribution >= 4 is 5.91 Å².